The molecule has 0 radical (unpaired) electrons. The maximum absolute atomic E-state index is 14.2. The zero-order valence-corrected chi connectivity index (χ0v) is 19.3. The van der Waals surface area contributed by atoms with Crippen molar-refractivity contribution in [2.24, 2.45) is 0 Å². The Labute approximate surface area is 208 Å². The molecule has 0 aliphatic carbocycles. The Hall–Kier alpha value is -3.74. The van der Waals surface area contributed by atoms with Gasteiger partial charge in [0, 0.05) is 17.3 Å². The van der Waals surface area contributed by atoms with Gasteiger partial charge in [-0.15, -0.1) is 0 Å². The van der Waals surface area contributed by atoms with Crippen molar-refractivity contribution in [2.75, 3.05) is 4.90 Å². The van der Waals surface area contributed by atoms with E-state index in [-0.39, 0.29) is 26.9 Å². The van der Waals surface area contributed by atoms with E-state index in [4.69, 9.17) is 23.2 Å². The van der Waals surface area contributed by atoms with Crippen LogP contribution in [0.25, 0.3) is 16.5 Å². The van der Waals surface area contributed by atoms with Crippen molar-refractivity contribution >= 4 is 57.1 Å². The zero-order valence-electron chi connectivity index (χ0n) is 17.8. The van der Waals surface area contributed by atoms with E-state index in [9.17, 15) is 23.5 Å². The maximum Gasteiger partial charge on any atom is 0.300 e. The average molecular weight is 510 g/mol. The Kier molecular flexibility index (Phi) is 5.79. The van der Waals surface area contributed by atoms with Crippen LogP contribution in [0.3, 0.4) is 0 Å². The van der Waals surface area contributed by atoms with Crippen LogP contribution in [0, 0.1) is 11.6 Å². The predicted molar refractivity (Wildman–Crippen MR) is 132 cm³/mol. The molecule has 1 fully saturated rings. The highest BCUT2D eigenvalue weighted by molar-refractivity contribution is 6.52. The van der Waals surface area contributed by atoms with Gasteiger partial charge >= 0.3 is 0 Å². The fourth-order valence-electron chi connectivity index (χ4n) is 4.32. The van der Waals surface area contributed by atoms with Gasteiger partial charge in [-0.2, -0.15) is 0 Å². The minimum Gasteiger partial charge on any atom is -0.507 e. The summed E-state index contributed by atoms with van der Waals surface area (Å²) in [7, 11) is 0. The fraction of sp³-hybridized carbons (Fsp3) is 0.0370. The molecule has 0 saturated carbocycles. The van der Waals surface area contributed by atoms with Gasteiger partial charge in [0.25, 0.3) is 11.7 Å². The van der Waals surface area contributed by atoms with Crippen LogP contribution in [0.2, 0.25) is 10.0 Å². The Balaban J connectivity index is 1.81. The molecule has 4 nitrogen and oxygen atoms in total. The number of carbonyl (C=O) groups is 2. The van der Waals surface area contributed by atoms with Gasteiger partial charge in [-0.05, 0) is 46.7 Å². The second-order valence-electron chi connectivity index (χ2n) is 7.96. The molecule has 8 heteroatoms. The molecular weight excluding hydrogens is 495 g/mol. The number of hydrogen-bond acceptors (Lipinski definition) is 3. The molecule has 1 N–H and O–H groups in total. The van der Waals surface area contributed by atoms with Crippen LogP contribution in [-0.2, 0) is 9.59 Å². The Morgan fingerprint density at radius 1 is 0.829 bits per heavy atom. The first-order chi connectivity index (χ1) is 16.8. The van der Waals surface area contributed by atoms with Crippen LogP contribution in [0.15, 0.2) is 84.4 Å². The molecule has 1 aliphatic heterocycles. The van der Waals surface area contributed by atoms with E-state index in [1.165, 1.54) is 24.3 Å². The lowest BCUT2D eigenvalue weighted by Gasteiger charge is -2.26. The Morgan fingerprint density at radius 3 is 2.31 bits per heavy atom. The largest absolute Gasteiger partial charge is 0.507 e. The lowest BCUT2D eigenvalue weighted by Crippen LogP contribution is -2.29. The van der Waals surface area contributed by atoms with Crippen molar-refractivity contribution in [3.05, 3.63) is 117 Å². The summed E-state index contributed by atoms with van der Waals surface area (Å²) in [6, 6.07) is 18.8. The number of fused-ring (bicyclic) bond motifs is 1. The fourth-order valence-corrected chi connectivity index (χ4v) is 4.61. The monoisotopic (exact) mass is 509 g/mol. The summed E-state index contributed by atoms with van der Waals surface area (Å²) in [5.74, 6) is -4.70. The van der Waals surface area contributed by atoms with Crippen LogP contribution >= 0.6 is 23.2 Å². The van der Waals surface area contributed by atoms with Crippen molar-refractivity contribution in [3.8, 4) is 0 Å². The van der Waals surface area contributed by atoms with Gasteiger partial charge in [-0.25, -0.2) is 8.78 Å². The van der Waals surface area contributed by atoms with Crippen molar-refractivity contribution in [1.29, 1.82) is 0 Å². The van der Waals surface area contributed by atoms with Crippen molar-refractivity contribution in [2.45, 2.75) is 6.04 Å². The highest BCUT2D eigenvalue weighted by atomic mass is 35.5. The van der Waals surface area contributed by atoms with Gasteiger partial charge < -0.3 is 5.11 Å². The second-order valence-corrected chi connectivity index (χ2v) is 8.78. The van der Waals surface area contributed by atoms with E-state index in [1.807, 2.05) is 24.3 Å². The van der Waals surface area contributed by atoms with Crippen LogP contribution in [-0.4, -0.2) is 16.8 Å². The molecule has 1 atom stereocenters. The first kappa shape index (κ1) is 23.0. The van der Waals surface area contributed by atoms with E-state index in [0.29, 0.717) is 5.56 Å². The van der Waals surface area contributed by atoms with Gasteiger partial charge in [0.15, 0.2) is 11.6 Å². The molecule has 1 amide bonds. The number of aliphatic hydroxyl groups excluding tert-OH is 1. The molecule has 1 unspecified atom stereocenters. The van der Waals surface area contributed by atoms with E-state index in [2.05, 4.69) is 0 Å². The summed E-state index contributed by atoms with van der Waals surface area (Å²) >= 11 is 12.1. The minimum atomic E-state index is -1.18. The number of aliphatic hydroxyl groups is 1. The van der Waals surface area contributed by atoms with Crippen molar-refractivity contribution in [1.82, 2.24) is 0 Å². The highest BCUT2D eigenvalue weighted by Gasteiger charge is 2.47. The molecule has 174 valence electrons. The Morgan fingerprint density at radius 2 is 1.57 bits per heavy atom. The molecule has 35 heavy (non-hydrogen) atoms. The minimum absolute atomic E-state index is 0.0304. The van der Waals surface area contributed by atoms with Gasteiger partial charge in [0.1, 0.15) is 5.76 Å². The standard InChI is InChI=1S/C27H15Cl2F2NO3/c28-19-10-8-15(12-20(19)29)25(33)23-24(18-7-3-5-14-4-1-2-6-17(14)18)32(27(35)26(23)34)16-9-11-21(30)22(31)13-16/h1-13,24,33H/b25-23-. The maximum atomic E-state index is 14.2. The number of carbonyl (C=O) groups excluding carboxylic acids is 2. The van der Waals surface area contributed by atoms with Gasteiger partial charge in [-0.3, -0.25) is 14.5 Å². The predicted octanol–water partition coefficient (Wildman–Crippen LogP) is 7.05. The van der Waals surface area contributed by atoms with Crippen LogP contribution in [0.4, 0.5) is 14.5 Å². The van der Waals surface area contributed by atoms with Crippen LogP contribution in [0.5, 0.6) is 0 Å². The molecule has 4 aromatic carbocycles. The Bertz CT molecular complexity index is 1560. The van der Waals surface area contributed by atoms with Crippen LogP contribution in [0.1, 0.15) is 17.2 Å². The number of Topliss-reactive ketones (excluding diaryl/α,β-unsaturated/α-hetero) is 1. The third-order valence-electron chi connectivity index (χ3n) is 5.94. The van der Waals surface area contributed by atoms with E-state index >= 15 is 0 Å². The number of amides is 1. The number of hydrogen-bond donors (Lipinski definition) is 1. The second kappa shape index (κ2) is 8.80. The molecule has 0 aromatic heterocycles. The zero-order chi connectivity index (χ0) is 24.9. The molecule has 1 heterocycles. The number of halogens is 4. The van der Waals surface area contributed by atoms with E-state index in [0.717, 1.165) is 27.8 Å². The molecule has 1 aliphatic rings. The molecule has 1 saturated heterocycles. The highest BCUT2D eigenvalue weighted by Crippen LogP contribution is 2.44. The summed E-state index contributed by atoms with van der Waals surface area (Å²) in [6.45, 7) is 0. The SMILES string of the molecule is O=C1C(=O)N(c2ccc(F)c(F)c2)C(c2cccc3ccccc23)/C1=C(/O)c1ccc(Cl)c(Cl)c1. The number of benzene rings is 4. The average Bonchev–Trinajstić information content (AvgIpc) is 3.12. The van der Waals surface area contributed by atoms with E-state index in [1.54, 1.807) is 18.2 Å². The van der Waals surface area contributed by atoms with Crippen molar-refractivity contribution in [3.63, 3.8) is 0 Å². The van der Waals surface area contributed by atoms with Crippen LogP contribution < -0.4 is 4.90 Å². The summed E-state index contributed by atoms with van der Waals surface area (Å²) in [6.07, 6.45) is 0. The molecular formula is C27H15Cl2F2NO3. The van der Waals surface area contributed by atoms with Gasteiger partial charge in [-0.1, -0.05) is 65.7 Å². The summed E-state index contributed by atoms with van der Waals surface area (Å²) in [5, 5.41) is 13.2. The lowest BCUT2D eigenvalue weighted by atomic mass is 9.91. The van der Waals surface area contributed by atoms with E-state index < -0.39 is 35.1 Å². The molecule has 4 aromatic rings. The van der Waals surface area contributed by atoms with Crippen molar-refractivity contribution < 1.29 is 23.5 Å². The molecule has 0 bridgehead atoms. The smallest absolute Gasteiger partial charge is 0.300 e. The number of ketones is 1. The number of nitrogens with zero attached hydrogens (tertiary/aromatic N) is 1. The summed E-state index contributed by atoms with van der Waals surface area (Å²) in [4.78, 5) is 27.6. The summed E-state index contributed by atoms with van der Waals surface area (Å²) in [5.41, 5.74) is 0.452. The number of rotatable bonds is 3. The van der Waals surface area contributed by atoms with Gasteiger partial charge in [0.2, 0.25) is 0 Å². The summed E-state index contributed by atoms with van der Waals surface area (Å²) < 4.78 is 27.8. The topological polar surface area (TPSA) is 57.6 Å². The third-order valence-corrected chi connectivity index (χ3v) is 6.68. The third kappa shape index (κ3) is 3.85. The molecule has 5 rings (SSSR count). The first-order valence-electron chi connectivity index (χ1n) is 10.5. The molecule has 0 spiro atoms. The number of anilines is 1. The first-order valence-corrected chi connectivity index (χ1v) is 11.2. The quantitative estimate of drug-likeness (QED) is 0.183. The van der Waals surface area contributed by atoms with Gasteiger partial charge in [0.05, 0.1) is 21.7 Å². The normalized spacial score (nSPS) is 17.4. The lowest BCUT2D eigenvalue weighted by molar-refractivity contribution is -0.132.